The number of rotatable bonds is 2. The molecule has 2 N–H and O–H groups in total. The number of fused-ring (bicyclic) bond motifs is 1. The van der Waals surface area contributed by atoms with E-state index >= 15 is 0 Å². The standard InChI is InChI=1S/C21H25N5O2/c1-12-7-5-8-14-16(12)24-17(23-14)15-9-6-10-26(15)19(28)13-11-22-20(21(2,3)4)25-18(13)27/h5,7-8,11,15H,6,9-10H2,1-4H3,(H,23,24)(H,22,25,27)/t15-/m1/s1. The number of aromatic nitrogens is 4. The Bertz CT molecular complexity index is 1110. The highest BCUT2D eigenvalue weighted by Crippen LogP contribution is 2.32. The monoisotopic (exact) mass is 379 g/mol. The maximum Gasteiger partial charge on any atom is 0.263 e. The molecule has 1 amide bonds. The molecule has 1 aliphatic heterocycles. The van der Waals surface area contributed by atoms with Gasteiger partial charge in [-0.15, -0.1) is 0 Å². The number of aryl methyl sites for hydroxylation is 1. The van der Waals surface area contributed by atoms with Gasteiger partial charge in [0, 0.05) is 18.2 Å². The van der Waals surface area contributed by atoms with E-state index in [1.54, 1.807) is 4.90 Å². The molecule has 0 aliphatic carbocycles. The molecule has 1 aromatic carbocycles. The summed E-state index contributed by atoms with van der Waals surface area (Å²) in [6.45, 7) is 8.51. The van der Waals surface area contributed by atoms with Crippen molar-refractivity contribution in [2.45, 2.75) is 52.0 Å². The number of para-hydroxylation sites is 1. The largest absolute Gasteiger partial charge is 0.340 e. The molecule has 28 heavy (non-hydrogen) atoms. The van der Waals surface area contributed by atoms with Gasteiger partial charge in [-0.25, -0.2) is 9.97 Å². The summed E-state index contributed by atoms with van der Waals surface area (Å²) in [4.78, 5) is 42.6. The lowest BCUT2D eigenvalue weighted by atomic mass is 9.96. The number of likely N-dealkylation sites (tertiary alicyclic amines) is 1. The third kappa shape index (κ3) is 3.10. The fraction of sp³-hybridized carbons (Fsp3) is 0.429. The Labute approximate surface area is 163 Å². The summed E-state index contributed by atoms with van der Waals surface area (Å²) in [5.41, 5.74) is 2.37. The number of imidazole rings is 1. The van der Waals surface area contributed by atoms with E-state index in [0.717, 1.165) is 35.3 Å². The highest BCUT2D eigenvalue weighted by atomic mass is 16.2. The summed E-state index contributed by atoms with van der Waals surface area (Å²) in [5, 5.41) is 0. The van der Waals surface area contributed by atoms with Gasteiger partial charge in [0.05, 0.1) is 17.1 Å². The minimum absolute atomic E-state index is 0.0761. The number of nitrogens with zero attached hydrogens (tertiary/aromatic N) is 3. The zero-order valence-electron chi connectivity index (χ0n) is 16.7. The average molecular weight is 379 g/mol. The Hall–Kier alpha value is -2.96. The first-order valence-corrected chi connectivity index (χ1v) is 9.61. The molecule has 1 atom stereocenters. The summed E-state index contributed by atoms with van der Waals surface area (Å²) >= 11 is 0. The highest BCUT2D eigenvalue weighted by Gasteiger charge is 2.34. The van der Waals surface area contributed by atoms with E-state index in [1.807, 2.05) is 45.9 Å². The molecule has 0 bridgehead atoms. The molecular weight excluding hydrogens is 354 g/mol. The Morgan fingerprint density at radius 3 is 2.71 bits per heavy atom. The number of amides is 1. The van der Waals surface area contributed by atoms with E-state index in [0.29, 0.717) is 12.4 Å². The number of hydrogen-bond donors (Lipinski definition) is 2. The van der Waals surface area contributed by atoms with Crippen LogP contribution >= 0.6 is 0 Å². The molecule has 1 saturated heterocycles. The minimum atomic E-state index is -0.393. The van der Waals surface area contributed by atoms with Crippen LogP contribution in [0, 0.1) is 6.92 Å². The molecule has 4 rings (SSSR count). The van der Waals surface area contributed by atoms with Gasteiger partial charge in [0.1, 0.15) is 17.2 Å². The Balaban J connectivity index is 1.67. The quantitative estimate of drug-likeness (QED) is 0.715. The second kappa shape index (κ2) is 6.58. The number of hydrogen-bond acceptors (Lipinski definition) is 4. The van der Waals surface area contributed by atoms with Crippen LogP contribution in [0.4, 0.5) is 0 Å². The van der Waals surface area contributed by atoms with E-state index in [9.17, 15) is 9.59 Å². The van der Waals surface area contributed by atoms with Crippen molar-refractivity contribution >= 4 is 16.9 Å². The van der Waals surface area contributed by atoms with Crippen molar-refractivity contribution in [1.29, 1.82) is 0 Å². The highest BCUT2D eigenvalue weighted by molar-refractivity contribution is 5.94. The summed E-state index contributed by atoms with van der Waals surface area (Å²) < 4.78 is 0. The molecule has 0 radical (unpaired) electrons. The summed E-state index contributed by atoms with van der Waals surface area (Å²) in [6.07, 6.45) is 3.09. The molecule has 7 nitrogen and oxygen atoms in total. The normalized spacial score (nSPS) is 17.4. The van der Waals surface area contributed by atoms with Crippen molar-refractivity contribution in [3.05, 3.63) is 57.5 Å². The number of carbonyl (C=O) groups excluding carboxylic acids is 1. The number of H-pyrrole nitrogens is 2. The number of aromatic amines is 2. The van der Waals surface area contributed by atoms with Gasteiger partial charge in [-0.05, 0) is 31.4 Å². The Morgan fingerprint density at radius 1 is 1.25 bits per heavy atom. The average Bonchev–Trinajstić information content (AvgIpc) is 3.27. The van der Waals surface area contributed by atoms with Crippen LogP contribution < -0.4 is 5.56 Å². The van der Waals surface area contributed by atoms with Crippen LogP contribution in [0.1, 0.15) is 67.2 Å². The van der Waals surface area contributed by atoms with Gasteiger partial charge in [0.2, 0.25) is 0 Å². The molecule has 1 fully saturated rings. The van der Waals surface area contributed by atoms with Crippen molar-refractivity contribution < 1.29 is 4.79 Å². The summed E-state index contributed by atoms with van der Waals surface area (Å²) in [7, 11) is 0. The molecular formula is C21H25N5O2. The molecule has 0 saturated carbocycles. The lowest BCUT2D eigenvalue weighted by Gasteiger charge is -2.23. The third-order valence-electron chi connectivity index (χ3n) is 5.30. The van der Waals surface area contributed by atoms with Crippen molar-refractivity contribution in [2.24, 2.45) is 0 Å². The van der Waals surface area contributed by atoms with Gasteiger partial charge < -0.3 is 14.9 Å². The van der Waals surface area contributed by atoms with Crippen molar-refractivity contribution in [3.8, 4) is 0 Å². The molecule has 146 valence electrons. The fourth-order valence-corrected chi connectivity index (χ4v) is 3.73. The van der Waals surface area contributed by atoms with Crippen LogP contribution in [-0.2, 0) is 5.41 Å². The van der Waals surface area contributed by atoms with Gasteiger partial charge in [0.25, 0.3) is 11.5 Å². The van der Waals surface area contributed by atoms with Crippen LogP contribution in [0.2, 0.25) is 0 Å². The second-order valence-electron chi connectivity index (χ2n) is 8.47. The predicted molar refractivity (Wildman–Crippen MR) is 107 cm³/mol. The molecule has 1 aliphatic rings. The summed E-state index contributed by atoms with van der Waals surface area (Å²) in [6, 6.07) is 5.83. The van der Waals surface area contributed by atoms with E-state index in [-0.39, 0.29) is 22.9 Å². The van der Waals surface area contributed by atoms with E-state index in [4.69, 9.17) is 4.98 Å². The maximum absolute atomic E-state index is 13.1. The van der Waals surface area contributed by atoms with Gasteiger partial charge in [-0.1, -0.05) is 32.9 Å². The SMILES string of the molecule is Cc1cccc2[nH]c([C@H]3CCCN3C(=O)c3cnc(C(C)(C)C)[nH]c3=O)nc12. The predicted octanol–water partition coefficient (Wildman–Crippen LogP) is 3.23. The van der Waals surface area contributed by atoms with Gasteiger partial charge >= 0.3 is 0 Å². The van der Waals surface area contributed by atoms with Crippen LogP contribution in [0.15, 0.2) is 29.2 Å². The van der Waals surface area contributed by atoms with Crippen molar-refractivity contribution in [1.82, 2.24) is 24.8 Å². The third-order valence-corrected chi connectivity index (χ3v) is 5.30. The van der Waals surface area contributed by atoms with Crippen LogP contribution in [0.25, 0.3) is 11.0 Å². The zero-order valence-corrected chi connectivity index (χ0v) is 16.7. The number of nitrogens with one attached hydrogen (secondary N) is 2. The van der Waals surface area contributed by atoms with E-state index in [1.165, 1.54) is 6.20 Å². The minimum Gasteiger partial charge on any atom is -0.340 e. The van der Waals surface area contributed by atoms with E-state index < -0.39 is 5.56 Å². The van der Waals surface area contributed by atoms with Crippen LogP contribution in [-0.4, -0.2) is 37.3 Å². The first-order chi connectivity index (χ1) is 13.3. The molecule has 0 spiro atoms. The lowest BCUT2D eigenvalue weighted by molar-refractivity contribution is 0.0728. The van der Waals surface area contributed by atoms with Crippen molar-refractivity contribution in [3.63, 3.8) is 0 Å². The molecule has 7 heteroatoms. The summed E-state index contributed by atoms with van der Waals surface area (Å²) in [5.74, 6) is 1.04. The van der Waals surface area contributed by atoms with Gasteiger partial charge in [-0.2, -0.15) is 0 Å². The first kappa shape index (κ1) is 18.4. The van der Waals surface area contributed by atoms with E-state index in [2.05, 4.69) is 15.0 Å². The smallest absolute Gasteiger partial charge is 0.263 e. The fourth-order valence-electron chi connectivity index (χ4n) is 3.73. The van der Waals surface area contributed by atoms with Crippen LogP contribution in [0.3, 0.4) is 0 Å². The van der Waals surface area contributed by atoms with Crippen molar-refractivity contribution in [2.75, 3.05) is 6.54 Å². The molecule has 3 heterocycles. The Kier molecular flexibility index (Phi) is 4.33. The topological polar surface area (TPSA) is 94.7 Å². The number of benzene rings is 1. The second-order valence-corrected chi connectivity index (χ2v) is 8.47. The molecule has 3 aromatic rings. The lowest BCUT2D eigenvalue weighted by Crippen LogP contribution is -2.36. The molecule has 2 aromatic heterocycles. The zero-order chi connectivity index (χ0) is 20.1. The maximum atomic E-state index is 13.1. The van der Waals surface area contributed by atoms with Crippen LogP contribution in [0.5, 0.6) is 0 Å². The Morgan fingerprint density at radius 2 is 2.04 bits per heavy atom. The van der Waals surface area contributed by atoms with Gasteiger partial charge in [0.15, 0.2) is 0 Å². The molecule has 0 unspecified atom stereocenters. The van der Waals surface area contributed by atoms with Gasteiger partial charge in [-0.3, -0.25) is 9.59 Å². The number of carbonyl (C=O) groups is 1. The first-order valence-electron chi connectivity index (χ1n) is 9.61.